The minimum atomic E-state index is -0.577. The van der Waals surface area contributed by atoms with E-state index >= 15 is 0 Å². The highest BCUT2D eigenvalue weighted by Gasteiger charge is 2.16. The van der Waals surface area contributed by atoms with Crippen LogP contribution in [0.3, 0.4) is 0 Å². The fourth-order valence-corrected chi connectivity index (χ4v) is 1.95. The van der Waals surface area contributed by atoms with E-state index in [9.17, 15) is 9.59 Å². The number of amides is 2. The Kier molecular flexibility index (Phi) is 5.37. The third-order valence-corrected chi connectivity index (χ3v) is 2.86. The summed E-state index contributed by atoms with van der Waals surface area (Å²) in [5.74, 6) is -0.669. The molecule has 0 aliphatic carbocycles. The lowest BCUT2D eigenvalue weighted by molar-refractivity contribution is -0.120. The zero-order valence-electron chi connectivity index (χ0n) is 12.1. The molecule has 6 nitrogen and oxygen atoms in total. The minimum absolute atomic E-state index is 0.0792. The summed E-state index contributed by atoms with van der Waals surface area (Å²) in [7, 11) is 0. The topological polar surface area (TPSA) is 101 Å². The highest BCUT2D eigenvalue weighted by atomic mass is 16.2. The van der Waals surface area contributed by atoms with Crippen molar-refractivity contribution >= 4 is 23.2 Å². The normalized spacial score (nSPS) is 10.4. The fourth-order valence-electron chi connectivity index (χ4n) is 1.95. The van der Waals surface area contributed by atoms with Crippen molar-refractivity contribution in [2.75, 3.05) is 23.7 Å². The van der Waals surface area contributed by atoms with Crippen LogP contribution < -0.4 is 21.7 Å². The highest BCUT2D eigenvalue weighted by Crippen LogP contribution is 2.26. The van der Waals surface area contributed by atoms with E-state index in [4.69, 9.17) is 11.5 Å². The first-order valence-corrected chi connectivity index (χ1v) is 6.59. The predicted molar refractivity (Wildman–Crippen MR) is 80.5 cm³/mol. The molecule has 1 aromatic carbocycles. The number of primary amides is 1. The Hall–Kier alpha value is -2.24. The largest absolute Gasteiger partial charge is 0.396 e. The molecule has 1 aromatic rings. The summed E-state index contributed by atoms with van der Waals surface area (Å²) < 4.78 is 0. The van der Waals surface area contributed by atoms with Gasteiger partial charge < -0.3 is 21.7 Å². The number of nitrogen functional groups attached to an aromatic ring is 1. The van der Waals surface area contributed by atoms with Gasteiger partial charge in [0.15, 0.2) is 0 Å². The number of carbonyl (C=O) groups is 2. The molecule has 0 aromatic heterocycles. The second-order valence-electron chi connectivity index (χ2n) is 4.84. The van der Waals surface area contributed by atoms with Crippen LogP contribution in [0.25, 0.3) is 0 Å². The van der Waals surface area contributed by atoms with Crippen molar-refractivity contribution in [1.29, 1.82) is 0 Å². The first-order valence-electron chi connectivity index (χ1n) is 6.59. The maximum Gasteiger partial charge on any atom is 0.250 e. The average molecular weight is 278 g/mol. The third-order valence-electron chi connectivity index (χ3n) is 2.86. The molecule has 20 heavy (non-hydrogen) atoms. The van der Waals surface area contributed by atoms with Crippen LogP contribution in [0.5, 0.6) is 0 Å². The number of nitrogens with two attached hydrogens (primary N) is 2. The van der Waals surface area contributed by atoms with Crippen LogP contribution in [0.15, 0.2) is 18.2 Å². The van der Waals surface area contributed by atoms with Gasteiger partial charge in [-0.25, -0.2) is 0 Å². The SMILES string of the molecule is CCN(CC(=O)NC(C)C)c1cccc(C(N)=O)c1N. The van der Waals surface area contributed by atoms with Gasteiger partial charge in [-0.1, -0.05) is 6.07 Å². The number of para-hydroxylation sites is 1. The van der Waals surface area contributed by atoms with Crippen LogP contribution in [-0.2, 0) is 4.79 Å². The molecule has 5 N–H and O–H groups in total. The summed E-state index contributed by atoms with van der Waals surface area (Å²) in [6.07, 6.45) is 0. The smallest absolute Gasteiger partial charge is 0.250 e. The molecule has 2 amide bonds. The summed E-state index contributed by atoms with van der Waals surface area (Å²) in [6, 6.07) is 5.13. The molecule has 0 radical (unpaired) electrons. The second-order valence-corrected chi connectivity index (χ2v) is 4.84. The Balaban J connectivity index is 2.98. The number of benzene rings is 1. The molecule has 110 valence electrons. The molecular formula is C14H22N4O2. The van der Waals surface area contributed by atoms with Crippen LogP contribution in [0.4, 0.5) is 11.4 Å². The van der Waals surface area contributed by atoms with Crippen molar-refractivity contribution in [1.82, 2.24) is 5.32 Å². The Morgan fingerprint density at radius 1 is 1.35 bits per heavy atom. The first kappa shape index (κ1) is 15.8. The van der Waals surface area contributed by atoms with Crippen LogP contribution in [0.2, 0.25) is 0 Å². The van der Waals surface area contributed by atoms with Crippen LogP contribution >= 0.6 is 0 Å². The quantitative estimate of drug-likeness (QED) is 0.667. The number of hydrogen-bond acceptors (Lipinski definition) is 4. The van der Waals surface area contributed by atoms with Crippen molar-refractivity contribution in [3.8, 4) is 0 Å². The third kappa shape index (κ3) is 3.88. The lowest BCUT2D eigenvalue weighted by Crippen LogP contribution is -2.40. The van der Waals surface area contributed by atoms with Crippen LogP contribution in [0.1, 0.15) is 31.1 Å². The lowest BCUT2D eigenvalue weighted by atomic mass is 10.1. The van der Waals surface area contributed by atoms with E-state index in [-0.39, 0.29) is 24.1 Å². The summed E-state index contributed by atoms with van der Waals surface area (Å²) in [5.41, 5.74) is 12.5. The minimum Gasteiger partial charge on any atom is -0.396 e. The number of likely N-dealkylation sites (N-methyl/N-ethyl adjacent to an activating group) is 1. The molecule has 0 aliphatic heterocycles. The number of nitrogens with one attached hydrogen (secondary N) is 1. The fraction of sp³-hybridized carbons (Fsp3) is 0.429. The Bertz CT molecular complexity index is 500. The molecule has 1 rings (SSSR count). The van der Waals surface area contributed by atoms with Gasteiger partial charge >= 0.3 is 0 Å². The van der Waals surface area contributed by atoms with Crippen molar-refractivity contribution in [2.45, 2.75) is 26.8 Å². The van der Waals surface area contributed by atoms with Crippen molar-refractivity contribution in [3.05, 3.63) is 23.8 Å². The first-order chi connectivity index (χ1) is 9.36. The molecule has 0 spiro atoms. The number of rotatable bonds is 6. The number of carbonyl (C=O) groups excluding carboxylic acids is 2. The van der Waals surface area contributed by atoms with Crippen molar-refractivity contribution < 1.29 is 9.59 Å². The van der Waals surface area contributed by atoms with Gasteiger partial charge in [-0.15, -0.1) is 0 Å². The van der Waals surface area contributed by atoms with E-state index < -0.39 is 5.91 Å². The molecule has 6 heteroatoms. The summed E-state index contributed by atoms with van der Waals surface area (Å²) in [5, 5.41) is 2.82. The summed E-state index contributed by atoms with van der Waals surface area (Å²) in [4.78, 5) is 24.9. The van der Waals surface area contributed by atoms with E-state index in [2.05, 4.69) is 5.32 Å². The molecule has 0 saturated heterocycles. The maximum absolute atomic E-state index is 11.8. The van der Waals surface area contributed by atoms with Crippen molar-refractivity contribution in [2.24, 2.45) is 5.73 Å². The van der Waals surface area contributed by atoms with Gasteiger partial charge in [0.2, 0.25) is 5.91 Å². The van der Waals surface area contributed by atoms with Gasteiger partial charge in [0.1, 0.15) is 0 Å². The monoisotopic (exact) mass is 278 g/mol. The molecular weight excluding hydrogens is 256 g/mol. The Morgan fingerprint density at radius 3 is 2.50 bits per heavy atom. The summed E-state index contributed by atoms with van der Waals surface area (Å²) >= 11 is 0. The molecule has 0 fully saturated rings. The van der Waals surface area contributed by atoms with Gasteiger partial charge in [-0.05, 0) is 32.9 Å². The van der Waals surface area contributed by atoms with Crippen molar-refractivity contribution in [3.63, 3.8) is 0 Å². The van der Waals surface area contributed by atoms with Gasteiger partial charge in [0.05, 0.1) is 23.5 Å². The lowest BCUT2D eigenvalue weighted by Gasteiger charge is -2.25. The molecule has 0 bridgehead atoms. The zero-order chi connectivity index (χ0) is 15.3. The van der Waals surface area contributed by atoms with Crippen LogP contribution in [0, 0.1) is 0 Å². The van der Waals surface area contributed by atoms with E-state index in [1.165, 1.54) is 0 Å². The van der Waals surface area contributed by atoms with Crippen LogP contribution in [-0.4, -0.2) is 30.9 Å². The van der Waals surface area contributed by atoms with Gasteiger partial charge in [0, 0.05) is 12.6 Å². The highest BCUT2D eigenvalue weighted by molar-refractivity contribution is 6.01. The molecule has 0 aliphatic rings. The van der Waals surface area contributed by atoms with Gasteiger partial charge in [-0.3, -0.25) is 9.59 Å². The average Bonchev–Trinajstić information content (AvgIpc) is 2.35. The molecule has 0 unspecified atom stereocenters. The molecule has 0 heterocycles. The number of nitrogens with zero attached hydrogens (tertiary/aromatic N) is 1. The second kappa shape index (κ2) is 6.79. The Labute approximate surface area is 119 Å². The standard InChI is InChI=1S/C14H22N4O2/c1-4-18(8-12(19)17-9(2)3)11-7-5-6-10(13(11)15)14(16)20/h5-7,9H,4,8,15H2,1-3H3,(H2,16,20)(H,17,19). The maximum atomic E-state index is 11.8. The predicted octanol–water partition coefficient (Wildman–Crippen LogP) is 0.719. The summed E-state index contributed by atoms with van der Waals surface area (Å²) in [6.45, 7) is 6.49. The Morgan fingerprint density at radius 2 is 2.00 bits per heavy atom. The number of hydrogen-bond donors (Lipinski definition) is 3. The van der Waals surface area contributed by atoms with Gasteiger partial charge in [-0.2, -0.15) is 0 Å². The van der Waals surface area contributed by atoms with Gasteiger partial charge in [0.25, 0.3) is 5.91 Å². The molecule has 0 atom stereocenters. The van der Waals surface area contributed by atoms with E-state index in [1.807, 2.05) is 20.8 Å². The van der Waals surface area contributed by atoms with E-state index in [0.29, 0.717) is 17.9 Å². The zero-order valence-corrected chi connectivity index (χ0v) is 12.1. The number of anilines is 2. The van der Waals surface area contributed by atoms with E-state index in [0.717, 1.165) is 0 Å². The van der Waals surface area contributed by atoms with E-state index in [1.54, 1.807) is 23.1 Å². The molecule has 0 saturated carbocycles.